The van der Waals surface area contributed by atoms with Gasteiger partial charge in [0.2, 0.25) is 0 Å². The zero-order valence-electron chi connectivity index (χ0n) is 10.4. The van der Waals surface area contributed by atoms with E-state index in [4.69, 9.17) is 5.11 Å². The number of anilines is 1. The van der Waals surface area contributed by atoms with Crippen LogP contribution in [0, 0.1) is 21.8 Å². The third-order valence-corrected chi connectivity index (χ3v) is 3.91. The Hall–Kier alpha value is -1.70. The van der Waals surface area contributed by atoms with Crippen molar-refractivity contribution in [1.82, 2.24) is 0 Å². The van der Waals surface area contributed by atoms with Crippen LogP contribution in [-0.4, -0.2) is 29.1 Å². The lowest BCUT2D eigenvalue weighted by molar-refractivity contribution is -0.384. The van der Waals surface area contributed by atoms with E-state index < -0.39 is 16.7 Å². The van der Waals surface area contributed by atoms with Crippen molar-refractivity contribution in [2.45, 2.75) is 12.8 Å². The van der Waals surface area contributed by atoms with E-state index in [0.29, 0.717) is 25.2 Å². The van der Waals surface area contributed by atoms with E-state index in [9.17, 15) is 19.3 Å². The Kier molecular flexibility index (Phi) is 4.22. The Morgan fingerprint density at radius 2 is 2.30 bits per heavy atom. The van der Waals surface area contributed by atoms with Crippen LogP contribution < -0.4 is 4.90 Å². The van der Waals surface area contributed by atoms with Gasteiger partial charge in [0, 0.05) is 19.5 Å². The molecule has 8 heteroatoms. The van der Waals surface area contributed by atoms with Gasteiger partial charge >= 0.3 is 5.97 Å². The quantitative estimate of drug-likeness (QED) is 0.669. The smallest absolute Gasteiger partial charge is 0.303 e. The monoisotopic (exact) mass is 346 g/mol. The van der Waals surface area contributed by atoms with Crippen LogP contribution in [-0.2, 0) is 4.79 Å². The molecular formula is C12H12BrFN2O4. The van der Waals surface area contributed by atoms with Crippen molar-refractivity contribution in [1.29, 1.82) is 0 Å². The minimum absolute atomic E-state index is 0.0344. The number of nitrogens with zero attached hydrogens (tertiary/aromatic N) is 2. The molecule has 0 radical (unpaired) electrons. The summed E-state index contributed by atoms with van der Waals surface area (Å²) in [4.78, 5) is 22.8. The fourth-order valence-electron chi connectivity index (χ4n) is 2.39. The molecule has 0 bridgehead atoms. The second-order valence-corrected chi connectivity index (χ2v) is 5.57. The van der Waals surface area contributed by atoms with E-state index in [1.54, 1.807) is 4.90 Å². The number of halogens is 2. The summed E-state index contributed by atoms with van der Waals surface area (Å²) in [6.45, 7) is 0.946. The van der Waals surface area contributed by atoms with Crippen molar-refractivity contribution in [3.8, 4) is 0 Å². The summed E-state index contributed by atoms with van der Waals surface area (Å²) < 4.78 is 13.6. The fourth-order valence-corrected chi connectivity index (χ4v) is 2.72. The fraction of sp³-hybridized carbons (Fsp3) is 0.417. The zero-order chi connectivity index (χ0) is 14.9. The molecule has 0 aromatic heterocycles. The standard InChI is InChI=1S/C12H12BrFN2O4/c13-8-4-10(11(16(19)20)5-9(8)14)15-2-1-7(6-15)3-12(17)18/h4-5,7H,1-3,6H2,(H,17,18). The van der Waals surface area contributed by atoms with E-state index in [1.807, 2.05) is 0 Å². The number of benzene rings is 1. The van der Waals surface area contributed by atoms with Gasteiger partial charge in [0.15, 0.2) is 0 Å². The summed E-state index contributed by atoms with van der Waals surface area (Å²) in [6, 6.07) is 2.25. The van der Waals surface area contributed by atoms with Crippen molar-refractivity contribution >= 4 is 33.3 Å². The minimum atomic E-state index is -0.883. The summed E-state index contributed by atoms with van der Waals surface area (Å²) in [5, 5.41) is 19.8. The first kappa shape index (κ1) is 14.7. The van der Waals surface area contributed by atoms with Crippen molar-refractivity contribution in [3.63, 3.8) is 0 Å². The lowest BCUT2D eigenvalue weighted by atomic mass is 10.1. The number of rotatable bonds is 4. The molecule has 1 aromatic carbocycles. The molecule has 1 fully saturated rings. The molecule has 0 aliphatic carbocycles. The maximum atomic E-state index is 13.4. The zero-order valence-corrected chi connectivity index (χ0v) is 12.0. The van der Waals surface area contributed by atoms with Gasteiger partial charge in [-0.1, -0.05) is 0 Å². The van der Waals surface area contributed by atoms with Gasteiger partial charge < -0.3 is 10.0 Å². The van der Waals surface area contributed by atoms with E-state index in [2.05, 4.69) is 15.9 Å². The molecule has 20 heavy (non-hydrogen) atoms. The second kappa shape index (κ2) is 5.74. The number of hydrogen-bond donors (Lipinski definition) is 1. The second-order valence-electron chi connectivity index (χ2n) is 4.71. The van der Waals surface area contributed by atoms with Gasteiger partial charge in [-0.05, 0) is 34.3 Å². The third kappa shape index (κ3) is 3.06. The van der Waals surface area contributed by atoms with Crippen LogP contribution in [0.2, 0.25) is 0 Å². The first-order chi connectivity index (χ1) is 9.38. The van der Waals surface area contributed by atoms with Gasteiger partial charge in [0.05, 0.1) is 15.5 Å². The van der Waals surface area contributed by atoms with Crippen LogP contribution in [0.5, 0.6) is 0 Å². The number of nitro groups is 1. The van der Waals surface area contributed by atoms with Gasteiger partial charge in [-0.2, -0.15) is 0 Å². The number of hydrogen-bond acceptors (Lipinski definition) is 4. The molecule has 108 valence electrons. The predicted octanol–water partition coefficient (Wildman–Crippen LogP) is 2.80. The summed E-state index contributed by atoms with van der Waals surface area (Å²) in [5.41, 5.74) is 0.0119. The van der Waals surface area contributed by atoms with Gasteiger partial charge in [-0.3, -0.25) is 14.9 Å². The largest absolute Gasteiger partial charge is 0.481 e. The van der Waals surface area contributed by atoms with Crippen LogP contribution in [0.3, 0.4) is 0 Å². The number of carbonyl (C=O) groups is 1. The van der Waals surface area contributed by atoms with Crippen LogP contribution in [0.25, 0.3) is 0 Å². The highest BCUT2D eigenvalue weighted by Crippen LogP contribution is 2.36. The highest BCUT2D eigenvalue weighted by Gasteiger charge is 2.29. The Morgan fingerprint density at radius 3 is 2.90 bits per heavy atom. The Labute approximate surface area is 122 Å². The molecule has 1 aliphatic heterocycles. The molecule has 1 heterocycles. The number of carboxylic acids is 1. The van der Waals surface area contributed by atoms with Gasteiger partial charge in [-0.25, -0.2) is 4.39 Å². The Morgan fingerprint density at radius 1 is 1.60 bits per heavy atom. The van der Waals surface area contributed by atoms with E-state index in [-0.39, 0.29) is 22.5 Å². The van der Waals surface area contributed by atoms with Crippen LogP contribution in [0.1, 0.15) is 12.8 Å². The van der Waals surface area contributed by atoms with Crippen molar-refractivity contribution < 1.29 is 19.2 Å². The normalized spacial score (nSPS) is 18.3. The molecule has 1 aromatic rings. The van der Waals surface area contributed by atoms with E-state index >= 15 is 0 Å². The highest BCUT2D eigenvalue weighted by atomic mass is 79.9. The summed E-state index contributed by atoms with van der Waals surface area (Å²) in [6.07, 6.45) is 0.686. The molecule has 0 saturated carbocycles. The van der Waals surface area contributed by atoms with Crippen LogP contribution in [0.15, 0.2) is 16.6 Å². The minimum Gasteiger partial charge on any atom is -0.481 e. The molecule has 6 nitrogen and oxygen atoms in total. The van der Waals surface area contributed by atoms with Crippen molar-refractivity contribution in [3.05, 3.63) is 32.5 Å². The van der Waals surface area contributed by atoms with Crippen molar-refractivity contribution in [2.75, 3.05) is 18.0 Å². The average molecular weight is 347 g/mol. The molecule has 1 aliphatic rings. The number of carboxylic acid groups (broad SMARTS) is 1. The van der Waals surface area contributed by atoms with Crippen LogP contribution in [0.4, 0.5) is 15.8 Å². The summed E-state index contributed by atoms with van der Waals surface area (Å²) in [7, 11) is 0. The lowest BCUT2D eigenvalue weighted by Gasteiger charge is -2.18. The molecular weight excluding hydrogens is 335 g/mol. The van der Waals surface area contributed by atoms with Gasteiger partial charge in [0.25, 0.3) is 5.69 Å². The Bertz CT molecular complexity index is 567. The number of aliphatic carboxylic acids is 1. The SMILES string of the molecule is O=C(O)CC1CCN(c2cc(Br)c(F)cc2[N+](=O)[O-])C1. The summed E-state index contributed by atoms with van der Waals surface area (Å²) >= 11 is 3.01. The third-order valence-electron chi connectivity index (χ3n) is 3.30. The lowest BCUT2D eigenvalue weighted by Crippen LogP contribution is -2.21. The predicted molar refractivity (Wildman–Crippen MR) is 73.3 cm³/mol. The molecule has 1 atom stereocenters. The summed E-state index contributed by atoms with van der Waals surface area (Å²) in [5.74, 6) is -1.62. The first-order valence-corrected chi connectivity index (χ1v) is 6.78. The average Bonchev–Trinajstić information content (AvgIpc) is 2.79. The number of nitro benzene ring substituents is 1. The first-order valence-electron chi connectivity index (χ1n) is 5.98. The topological polar surface area (TPSA) is 83.7 Å². The Balaban J connectivity index is 2.27. The molecule has 0 amide bonds. The molecule has 0 spiro atoms. The van der Waals surface area contributed by atoms with Gasteiger partial charge in [-0.15, -0.1) is 0 Å². The maximum Gasteiger partial charge on any atom is 0.303 e. The molecule has 1 unspecified atom stereocenters. The highest BCUT2D eigenvalue weighted by molar-refractivity contribution is 9.10. The van der Waals surface area contributed by atoms with E-state index in [1.165, 1.54) is 6.07 Å². The molecule has 2 rings (SSSR count). The molecule has 1 saturated heterocycles. The van der Waals surface area contributed by atoms with Crippen molar-refractivity contribution in [2.24, 2.45) is 5.92 Å². The van der Waals surface area contributed by atoms with Crippen LogP contribution >= 0.6 is 15.9 Å². The van der Waals surface area contributed by atoms with Gasteiger partial charge in [0.1, 0.15) is 11.5 Å². The molecule has 1 N–H and O–H groups in total. The van der Waals surface area contributed by atoms with E-state index in [0.717, 1.165) is 6.07 Å². The maximum absolute atomic E-state index is 13.4.